The first-order valence-corrected chi connectivity index (χ1v) is 6.19. The molecule has 2 rings (SSSR count). The lowest BCUT2D eigenvalue weighted by Crippen LogP contribution is -2.29. The Kier molecular flexibility index (Phi) is 4.54. The number of benzene rings is 2. The fourth-order valence-corrected chi connectivity index (χ4v) is 2.26. The predicted octanol–water partition coefficient (Wildman–Crippen LogP) is 3.18. The second kappa shape index (κ2) is 6.17. The highest BCUT2D eigenvalue weighted by Gasteiger charge is 2.21. The Balaban J connectivity index is 2.58. The van der Waals surface area contributed by atoms with Crippen LogP contribution in [0.4, 0.5) is 8.78 Å². The van der Waals surface area contributed by atoms with Crippen molar-refractivity contribution in [1.82, 2.24) is 5.43 Å². The van der Waals surface area contributed by atoms with Crippen molar-refractivity contribution in [3.05, 3.63) is 64.2 Å². The largest absolute Gasteiger partial charge is 0.496 e. The van der Waals surface area contributed by atoms with E-state index in [0.29, 0.717) is 16.9 Å². The second-order valence-electron chi connectivity index (χ2n) is 4.13. The Bertz CT molecular complexity index is 622. The number of hydrazine groups is 1. The molecule has 0 fully saturated rings. The third-order valence-electron chi connectivity index (χ3n) is 2.96. The summed E-state index contributed by atoms with van der Waals surface area (Å²) >= 11 is 5.95. The summed E-state index contributed by atoms with van der Waals surface area (Å²) in [5, 5.41) is -0.0678. The molecule has 0 aromatic heterocycles. The van der Waals surface area contributed by atoms with Crippen LogP contribution in [0.3, 0.4) is 0 Å². The molecule has 2 aromatic carbocycles. The van der Waals surface area contributed by atoms with Gasteiger partial charge in [0.15, 0.2) is 0 Å². The molecule has 2 aromatic rings. The van der Waals surface area contributed by atoms with Crippen molar-refractivity contribution in [3.8, 4) is 5.75 Å². The van der Waals surface area contributed by atoms with Crippen molar-refractivity contribution in [2.45, 2.75) is 6.04 Å². The molecule has 3 nitrogen and oxygen atoms in total. The van der Waals surface area contributed by atoms with Gasteiger partial charge in [-0.3, -0.25) is 5.84 Å². The van der Waals surface area contributed by atoms with Crippen LogP contribution in [0.25, 0.3) is 0 Å². The fraction of sp³-hybridized carbons (Fsp3) is 0.143. The molecule has 6 heteroatoms. The monoisotopic (exact) mass is 298 g/mol. The van der Waals surface area contributed by atoms with Crippen molar-refractivity contribution in [1.29, 1.82) is 0 Å². The van der Waals surface area contributed by atoms with Gasteiger partial charge in [0.2, 0.25) is 0 Å². The lowest BCUT2D eigenvalue weighted by molar-refractivity contribution is 0.402. The molecule has 3 N–H and O–H groups in total. The summed E-state index contributed by atoms with van der Waals surface area (Å²) in [6.07, 6.45) is 0. The Morgan fingerprint density at radius 3 is 2.60 bits per heavy atom. The van der Waals surface area contributed by atoms with Crippen LogP contribution >= 0.6 is 11.6 Å². The average Bonchev–Trinajstić information content (AvgIpc) is 2.44. The van der Waals surface area contributed by atoms with Crippen molar-refractivity contribution >= 4 is 11.6 Å². The number of hydrogen-bond donors (Lipinski definition) is 2. The smallest absolute Gasteiger partial charge is 0.142 e. The molecule has 0 amide bonds. The maximum absolute atomic E-state index is 13.5. The van der Waals surface area contributed by atoms with Gasteiger partial charge in [-0.1, -0.05) is 23.7 Å². The number of methoxy groups -OCH3 is 1. The minimum atomic E-state index is -0.691. The highest BCUT2D eigenvalue weighted by atomic mass is 35.5. The lowest BCUT2D eigenvalue weighted by Gasteiger charge is -2.20. The fourth-order valence-electron chi connectivity index (χ4n) is 2.02. The van der Waals surface area contributed by atoms with Crippen LogP contribution in [-0.4, -0.2) is 7.11 Å². The number of nitrogens with two attached hydrogens (primary N) is 1. The van der Waals surface area contributed by atoms with E-state index in [0.717, 1.165) is 0 Å². The van der Waals surface area contributed by atoms with E-state index in [1.807, 2.05) is 0 Å². The molecule has 0 saturated carbocycles. The molecule has 0 heterocycles. The third-order valence-corrected chi connectivity index (χ3v) is 3.36. The van der Waals surface area contributed by atoms with E-state index in [1.54, 1.807) is 6.07 Å². The third kappa shape index (κ3) is 2.75. The maximum Gasteiger partial charge on any atom is 0.142 e. The molecule has 0 bridgehead atoms. The molecule has 0 aliphatic rings. The van der Waals surface area contributed by atoms with Crippen LogP contribution < -0.4 is 16.0 Å². The Labute approximate surface area is 120 Å². The van der Waals surface area contributed by atoms with Crippen LogP contribution in [0, 0.1) is 11.6 Å². The van der Waals surface area contributed by atoms with E-state index < -0.39 is 17.7 Å². The van der Waals surface area contributed by atoms with Gasteiger partial charge in [-0.05, 0) is 29.8 Å². The molecule has 0 radical (unpaired) electrons. The van der Waals surface area contributed by atoms with Gasteiger partial charge >= 0.3 is 0 Å². The molecule has 0 spiro atoms. The Morgan fingerprint density at radius 2 is 1.95 bits per heavy atom. The van der Waals surface area contributed by atoms with Gasteiger partial charge in [0.1, 0.15) is 17.4 Å². The number of halogens is 3. The average molecular weight is 299 g/mol. The van der Waals surface area contributed by atoms with Crippen molar-refractivity contribution in [3.63, 3.8) is 0 Å². The van der Waals surface area contributed by atoms with E-state index in [1.165, 1.54) is 37.4 Å². The minimum Gasteiger partial charge on any atom is -0.496 e. The summed E-state index contributed by atoms with van der Waals surface area (Å²) in [7, 11) is 1.46. The summed E-state index contributed by atoms with van der Waals surface area (Å²) in [6, 6.07) is 7.68. The Hall–Kier alpha value is -1.69. The van der Waals surface area contributed by atoms with Gasteiger partial charge in [-0.2, -0.15) is 0 Å². The first-order valence-electron chi connectivity index (χ1n) is 5.82. The zero-order valence-corrected chi connectivity index (χ0v) is 11.4. The molecule has 0 saturated heterocycles. The van der Waals surface area contributed by atoms with E-state index in [4.69, 9.17) is 22.2 Å². The van der Waals surface area contributed by atoms with E-state index in [9.17, 15) is 8.78 Å². The lowest BCUT2D eigenvalue weighted by atomic mass is 9.98. The molecule has 1 atom stereocenters. The van der Waals surface area contributed by atoms with E-state index in [-0.39, 0.29) is 5.02 Å². The minimum absolute atomic E-state index is 0.0678. The zero-order valence-electron chi connectivity index (χ0n) is 10.7. The van der Waals surface area contributed by atoms with Crippen molar-refractivity contribution < 1.29 is 13.5 Å². The normalized spacial score (nSPS) is 12.2. The summed E-state index contributed by atoms with van der Waals surface area (Å²) in [6.45, 7) is 0. The van der Waals surface area contributed by atoms with Crippen LogP contribution in [0.5, 0.6) is 5.75 Å². The standard InChI is InChI=1S/C14H13ClF2N2O/c1-20-12-6-5-8(16)7-10(12)14(19-18)9-3-2-4-11(17)13(9)15/h2-7,14,19H,18H2,1H3. The van der Waals surface area contributed by atoms with Gasteiger partial charge in [0, 0.05) is 5.56 Å². The number of ether oxygens (including phenoxy) is 1. The summed E-state index contributed by atoms with van der Waals surface area (Å²) in [4.78, 5) is 0. The van der Waals surface area contributed by atoms with Gasteiger partial charge in [0.05, 0.1) is 18.2 Å². The van der Waals surface area contributed by atoms with Crippen molar-refractivity contribution in [2.24, 2.45) is 5.84 Å². The first-order chi connectivity index (χ1) is 9.58. The Morgan fingerprint density at radius 1 is 1.20 bits per heavy atom. The van der Waals surface area contributed by atoms with Gasteiger partial charge in [-0.25, -0.2) is 14.2 Å². The highest BCUT2D eigenvalue weighted by molar-refractivity contribution is 6.31. The SMILES string of the molecule is COc1ccc(F)cc1C(NN)c1cccc(F)c1Cl. The number of hydrogen-bond acceptors (Lipinski definition) is 3. The van der Waals surface area contributed by atoms with Crippen LogP contribution in [-0.2, 0) is 0 Å². The quantitative estimate of drug-likeness (QED) is 0.673. The summed E-state index contributed by atoms with van der Waals surface area (Å²) in [5.74, 6) is 4.93. The maximum atomic E-state index is 13.5. The van der Waals surface area contributed by atoms with Crippen LogP contribution in [0.15, 0.2) is 36.4 Å². The van der Waals surface area contributed by atoms with Crippen molar-refractivity contribution in [2.75, 3.05) is 7.11 Å². The second-order valence-corrected chi connectivity index (χ2v) is 4.51. The molecule has 0 aliphatic heterocycles. The first kappa shape index (κ1) is 14.7. The van der Waals surface area contributed by atoms with Gasteiger partial charge in [0.25, 0.3) is 0 Å². The molecule has 106 valence electrons. The zero-order chi connectivity index (χ0) is 14.7. The van der Waals surface area contributed by atoms with Gasteiger partial charge < -0.3 is 4.74 Å². The number of rotatable bonds is 4. The predicted molar refractivity (Wildman–Crippen MR) is 73.5 cm³/mol. The van der Waals surface area contributed by atoms with Crippen LogP contribution in [0.2, 0.25) is 5.02 Å². The molecule has 1 unspecified atom stereocenters. The number of nitrogens with one attached hydrogen (secondary N) is 1. The van der Waals surface area contributed by atoms with Crippen LogP contribution in [0.1, 0.15) is 17.2 Å². The van der Waals surface area contributed by atoms with Gasteiger partial charge in [-0.15, -0.1) is 0 Å². The molecule has 20 heavy (non-hydrogen) atoms. The highest BCUT2D eigenvalue weighted by Crippen LogP contribution is 2.34. The molecular weight excluding hydrogens is 286 g/mol. The van der Waals surface area contributed by atoms with E-state index in [2.05, 4.69) is 5.43 Å². The topological polar surface area (TPSA) is 47.3 Å². The molecular formula is C14H13ClF2N2O. The summed E-state index contributed by atoms with van der Waals surface area (Å²) < 4.78 is 32.2. The molecule has 0 aliphatic carbocycles. The van der Waals surface area contributed by atoms with E-state index >= 15 is 0 Å². The summed E-state index contributed by atoms with van der Waals surface area (Å²) in [5.41, 5.74) is 3.34.